The van der Waals surface area contributed by atoms with E-state index in [9.17, 15) is 0 Å². The summed E-state index contributed by atoms with van der Waals surface area (Å²) in [6.07, 6.45) is 1.23. The Morgan fingerprint density at radius 3 is 1.80 bits per heavy atom. The first-order valence-corrected chi connectivity index (χ1v) is 3.74. The van der Waals surface area contributed by atoms with Crippen LogP contribution in [0.3, 0.4) is 0 Å². The molecule has 2 nitrogen and oxygen atoms in total. The normalized spacial score (nSPS) is 32.4. The monoisotopic (exact) mass is 144 g/mol. The van der Waals surface area contributed by atoms with Gasteiger partial charge in [-0.3, -0.25) is 0 Å². The molecule has 0 amide bonds. The minimum atomic E-state index is -0.334. The van der Waals surface area contributed by atoms with Crippen molar-refractivity contribution in [2.45, 2.75) is 26.1 Å². The molecule has 1 saturated carbocycles. The average Bonchev–Trinajstić information content (AvgIpc) is 2.66. The van der Waals surface area contributed by atoms with Crippen molar-refractivity contribution < 1.29 is 9.47 Å². The Morgan fingerprint density at radius 2 is 1.70 bits per heavy atom. The maximum atomic E-state index is 5.26. The third-order valence-electron chi connectivity index (χ3n) is 2.59. The van der Waals surface area contributed by atoms with Gasteiger partial charge in [0.05, 0.1) is 0 Å². The van der Waals surface area contributed by atoms with Crippen LogP contribution >= 0.6 is 0 Å². The fraction of sp³-hybridized carbons (Fsp3) is 1.00. The zero-order chi connectivity index (χ0) is 7.78. The molecule has 0 N–H and O–H groups in total. The molecule has 1 aliphatic rings. The summed E-state index contributed by atoms with van der Waals surface area (Å²) in [4.78, 5) is 0. The van der Waals surface area contributed by atoms with Crippen molar-refractivity contribution in [1.82, 2.24) is 0 Å². The van der Waals surface area contributed by atoms with E-state index in [1.807, 2.05) is 6.92 Å². The molecule has 0 radical (unpaired) electrons. The first-order chi connectivity index (χ1) is 4.64. The SMILES string of the molecule is COC(C)(OC)C1CC1C. The maximum Gasteiger partial charge on any atom is 0.167 e. The first-order valence-electron chi connectivity index (χ1n) is 3.74. The van der Waals surface area contributed by atoms with Crippen LogP contribution in [0.1, 0.15) is 20.3 Å². The highest BCUT2D eigenvalue weighted by Gasteiger charge is 2.48. The van der Waals surface area contributed by atoms with Crippen LogP contribution in [0.2, 0.25) is 0 Å². The lowest BCUT2D eigenvalue weighted by molar-refractivity contribution is -0.209. The Bertz CT molecular complexity index is 118. The average molecular weight is 144 g/mol. The van der Waals surface area contributed by atoms with Crippen LogP contribution in [0.4, 0.5) is 0 Å². The van der Waals surface area contributed by atoms with E-state index in [2.05, 4.69) is 6.92 Å². The molecule has 1 fully saturated rings. The third-order valence-corrected chi connectivity index (χ3v) is 2.59. The van der Waals surface area contributed by atoms with Crippen LogP contribution in [-0.2, 0) is 9.47 Å². The molecule has 2 unspecified atom stereocenters. The lowest BCUT2D eigenvalue weighted by atomic mass is 10.1. The van der Waals surface area contributed by atoms with Gasteiger partial charge in [0, 0.05) is 20.1 Å². The van der Waals surface area contributed by atoms with Gasteiger partial charge in [-0.1, -0.05) is 6.92 Å². The topological polar surface area (TPSA) is 18.5 Å². The van der Waals surface area contributed by atoms with Gasteiger partial charge in [0.2, 0.25) is 0 Å². The van der Waals surface area contributed by atoms with Crippen molar-refractivity contribution in [2.24, 2.45) is 11.8 Å². The molecule has 0 bridgehead atoms. The second kappa shape index (κ2) is 2.51. The zero-order valence-electron chi connectivity index (χ0n) is 7.18. The fourth-order valence-corrected chi connectivity index (χ4v) is 1.44. The van der Waals surface area contributed by atoms with Crippen LogP contribution in [0.15, 0.2) is 0 Å². The molecule has 0 spiro atoms. The van der Waals surface area contributed by atoms with E-state index < -0.39 is 0 Å². The van der Waals surface area contributed by atoms with E-state index >= 15 is 0 Å². The Morgan fingerprint density at radius 1 is 1.30 bits per heavy atom. The molecule has 0 aromatic heterocycles. The van der Waals surface area contributed by atoms with Gasteiger partial charge in [-0.2, -0.15) is 0 Å². The minimum Gasteiger partial charge on any atom is -0.353 e. The fourth-order valence-electron chi connectivity index (χ4n) is 1.44. The largest absolute Gasteiger partial charge is 0.353 e. The summed E-state index contributed by atoms with van der Waals surface area (Å²) in [7, 11) is 3.41. The molecule has 0 heterocycles. The molecule has 2 heteroatoms. The van der Waals surface area contributed by atoms with Crippen LogP contribution in [0.25, 0.3) is 0 Å². The van der Waals surface area contributed by atoms with E-state index in [1.54, 1.807) is 14.2 Å². The molecule has 0 aromatic carbocycles. The lowest BCUT2D eigenvalue weighted by Crippen LogP contribution is -2.32. The summed E-state index contributed by atoms with van der Waals surface area (Å²) in [5.41, 5.74) is 0. The number of methoxy groups -OCH3 is 2. The number of hydrogen-bond acceptors (Lipinski definition) is 2. The van der Waals surface area contributed by atoms with Crippen molar-refractivity contribution in [1.29, 1.82) is 0 Å². The summed E-state index contributed by atoms with van der Waals surface area (Å²) in [6, 6.07) is 0. The lowest BCUT2D eigenvalue weighted by Gasteiger charge is -2.26. The zero-order valence-corrected chi connectivity index (χ0v) is 7.18. The van der Waals surface area contributed by atoms with Gasteiger partial charge < -0.3 is 9.47 Å². The van der Waals surface area contributed by atoms with Crippen LogP contribution < -0.4 is 0 Å². The highest BCUT2D eigenvalue weighted by atomic mass is 16.7. The quantitative estimate of drug-likeness (QED) is 0.561. The Kier molecular flexibility index (Phi) is 2.02. The summed E-state index contributed by atoms with van der Waals surface area (Å²) in [5, 5.41) is 0. The summed E-state index contributed by atoms with van der Waals surface area (Å²) >= 11 is 0. The molecule has 60 valence electrons. The number of hydrogen-bond donors (Lipinski definition) is 0. The molecule has 1 aliphatic carbocycles. The standard InChI is InChI=1S/C8H16O2/c1-6-5-7(6)8(2,9-3)10-4/h6-7H,5H2,1-4H3. The van der Waals surface area contributed by atoms with Gasteiger partial charge in [-0.15, -0.1) is 0 Å². The highest BCUT2D eigenvalue weighted by molar-refractivity contribution is 4.92. The van der Waals surface area contributed by atoms with E-state index in [1.165, 1.54) is 6.42 Å². The molecular formula is C8H16O2. The van der Waals surface area contributed by atoms with Crippen molar-refractivity contribution in [3.05, 3.63) is 0 Å². The van der Waals surface area contributed by atoms with Gasteiger partial charge in [0.1, 0.15) is 0 Å². The molecule has 0 saturated heterocycles. The number of ether oxygens (including phenoxy) is 2. The van der Waals surface area contributed by atoms with Crippen molar-refractivity contribution in [2.75, 3.05) is 14.2 Å². The van der Waals surface area contributed by atoms with Crippen molar-refractivity contribution in [3.8, 4) is 0 Å². The van der Waals surface area contributed by atoms with Gasteiger partial charge in [0.15, 0.2) is 5.79 Å². The summed E-state index contributed by atoms with van der Waals surface area (Å²) < 4.78 is 10.5. The van der Waals surface area contributed by atoms with E-state index in [-0.39, 0.29) is 5.79 Å². The maximum absolute atomic E-state index is 5.26. The van der Waals surface area contributed by atoms with Crippen LogP contribution in [0.5, 0.6) is 0 Å². The molecular weight excluding hydrogens is 128 g/mol. The predicted molar refractivity (Wildman–Crippen MR) is 39.7 cm³/mol. The van der Waals surface area contributed by atoms with Crippen molar-refractivity contribution >= 4 is 0 Å². The molecule has 10 heavy (non-hydrogen) atoms. The van der Waals surface area contributed by atoms with E-state index in [4.69, 9.17) is 9.47 Å². The summed E-state index contributed by atoms with van der Waals surface area (Å²) in [5.74, 6) is 1.03. The third kappa shape index (κ3) is 1.18. The molecule has 0 aliphatic heterocycles. The Labute approximate surface area is 62.5 Å². The van der Waals surface area contributed by atoms with Gasteiger partial charge >= 0.3 is 0 Å². The molecule has 1 rings (SSSR count). The Balaban J connectivity index is 2.48. The first kappa shape index (κ1) is 8.02. The summed E-state index contributed by atoms with van der Waals surface area (Å²) in [6.45, 7) is 4.22. The van der Waals surface area contributed by atoms with E-state index in [0.29, 0.717) is 5.92 Å². The number of rotatable bonds is 3. The predicted octanol–water partition coefficient (Wildman–Crippen LogP) is 1.65. The molecule has 2 atom stereocenters. The molecule has 0 aromatic rings. The van der Waals surface area contributed by atoms with Crippen LogP contribution in [0, 0.1) is 11.8 Å². The van der Waals surface area contributed by atoms with Gasteiger partial charge in [-0.25, -0.2) is 0 Å². The second-order valence-corrected chi connectivity index (χ2v) is 3.24. The highest BCUT2D eigenvalue weighted by Crippen LogP contribution is 2.47. The second-order valence-electron chi connectivity index (χ2n) is 3.24. The minimum absolute atomic E-state index is 0.334. The van der Waals surface area contributed by atoms with E-state index in [0.717, 1.165) is 5.92 Å². The Hall–Kier alpha value is -0.0800. The van der Waals surface area contributed by atoms with Crippen molar-refractivity contribution in [3.63, 3.8) is 0 Å². The van der Waals surface area contributed by atoms with Crippen LogP contribution in [-0.4, -0.2) is 20.0 Å². The van der Waals surface area contributed by atoms with Gasteiger partial charge in [0.25, 0.3) is 0 Å². The van der Waals surface area contributed by atoms with Gasteiger partial charge in [-0.05, 0) is 19.3 Å². The smallest absolute Gasteiger partial charge is 0.167 e.